The first-order chi connectivity index (χ1) is 16.0. The van der Waals surface area contributed by atoms with Crippen molar-refractivity contribution in [3.8, 4) is 5.75 Å². The Morgan fingerprint density at radius 3 is 2.52 bits per heavy atom. The summed E-state index contributed by atoms with van der Waals surface area (Å²) >= 11 is 1.23. The number of carbonyl (C=O) groups excluding carboxylic acids is 2. The van der Waals surface area contributed by atoms with E-state index in [0.29, 0.717) is 25.1 Å². The minimum atomic E-state index is -0.746. The van der Waals surface area contributed by atoms with Crippen LogP contribution in [0.4, 0.5) is 4.79 Å². The number of piperidine rings is 1. The van der Waals surface area contributed by atoms with Crippen molar-refractivity contribution in [3.63, 3.8) is 0 Å². The highest BCUT2D eigenvalue weighted by atomic mass is 32.1. The summed E-state index contributed by atoms with van der Waals surface area (Å²) in [4.78, 5) is 32.4. The molecule has 3 amide bonds. The van der Waals surface area contributed by atoms with E-state index in [1.807, 2.05) is 37.3 Å². The number of likely N-dealkylation sites (N-methyl/N-ethyl adjacent to an activating group) is 1. The lowest BCUT2D eigenvalue weighted by molar-refractivity contribution is -0.136. The normalized spacial score (nSPS) is 18.6. The van der Waals surface area contributed by atoms with Gasteiger partial charge in [-0.05, 0) is 55.2 Å². The highest BCUT2D eigenvalue weighted by molar-refractivity contribution is 7.00. The van der Waals surface area contributed by atoms with E-state index >= 15 is 0 Å². The topological polar surface area (TPSA) is 78.9 Å². The van der Waals surface area contributed by atoms with Crippen molar-refractivity contribution in [1.82, 2.24) is 23.4 Å². The van der Waals surface area contributed by atoms with E-state index in [4.69, 9.17) is 4.74 Å². The predicted molar refractivity (Wildman–Crippen MR) is 126 cm³/mol. The lowest BCUT2D eigenvalue weighted by Gasteiger charge is -2.42. The molecule has 172 valence electrons. The van der Waals surface area contributed by atoms with Crippen LogP contribution in [0.25, 0.3) is 11.0 Å². The van der Waals surface area contributed by atoms with Crippen LogP contribution in [0.3, 0.4) is 0 Å². The van der Waals surface area contributed by atoms with E-state index in [2.05, 4.69) is 25.8 Å². The highest BCUT2D eigenvalue weighted by Gasteiger charge is 2.57. The Kier molecular flexibility index (Phi) is 5.76. The van der Waals surface area contributed by atoms with E-state index in [1.54, 1.807) is 12.0 Å². The molecule has 0 radical (unpaired) electrons. The number of likely N-dealkylation sites (tertiary alicyclic amines) is 1. The van der Waals surface area contributed by atoms with Gasteiger partial charge in [0.25, 0.3) is 5.91 Å². The molecule has 8 nitrogen and oxygen atoms in total. The Balaban J connectivity index is 1.30. The van der Waals surface area contributed by atoms with Crippen LogP contribution >= 0.6 is 11.7 Å². The van der Waals surface area contributed by atoms with Crippen LogP contribution in [0.2, 0.25) is 0 Å². The van der Waals surface area contributed by atoms with Gasteiger partial charge in [0.05, 0.1) is 25.4 Å². The fourth-order valence-electron chi connectivity index (χ4n) is 5.06. The van der Waals surface area contributed by atoms with Crippen LogP contribution in [0, 0.1) is 0 Å². The summed E-state index contributed by atoms with van der Waals surface area (Å²) in [5.41, 5.74) is 3.17. The first-order valence-corrected chi connectivity index (χ1v) is 12.0. The molecule has 2 aromatic carbocycles. The molecular formula is C24H27N5O3S. The largest absolute Gasteiger partial charge is 0.497 e. The van der Waals surface area contributed by atoms with Crippen molar-refractivity contribution in [2.24, 2.45) is 0 Å². The fraction of sp³-hybridized carbons (Fsp3) is 0.417. The zero-order chi connectivity index (χ0) is 23.0. The molecule has 0 aliphatic carbocycles. The highest BCUT2D eigenvalue weighted by Crippen LogP contribution is 2.38. The fourth-order valence-corrected chi connectivity index (χ4v) is 5.58. The van der Waals surface area contributed by atoms with Gasteiger partial charge in [0.1, 0.15) is 22.3 Å². The molecule has 2 saturated heterocycles. The van der Waals surface area contributed by atoms with E-state index in [9.17, 15) is 9.59 Å². The molecule has 1 spiro atoms. The maximum atomic E-state index is 13.6. The van der Waals surface area contributed by atoms with Crippen LogP contribution in [0.15, 0.2) is 42.5 Å². The second-order valence-electron chi connectivity index (χ2n) is 8.66. The summed E-state index contributed by atoms with van der Waals surface area (Å²) in [6, 6.07) is 13.5. The number of urea groups is 1. The van der Waals surface area contributed by atoms with Gasteiger partial charge in [-0.15, -0.1) is 0 Å². The summed E-state index contributed by atoms with van der Waals surface area (Å²) in [7, 11) is 1.61. The Bertz CT molecular complexity index is 1190. The summed E-state index contributed by atoms with van der Waals surface area (Å²) < 4.78 is 13.9. The van der Waals surface area contributed by atoms with Gasteiger partial charge in [-0.3, -0.25) is 14.6 Å². The Morgan fingerprint density at radius 2 is 1.76 bits per heavy atom. The number of aromatic nitrogens is 2. The van der Waals surface area contributed by atoms with Crippen LogP contribution in [-0.4, -0.2) is 67.7 Å². The maximum absolute atomic E-state index is 13.6. The molecule has 0 bridgehead atoms. The number of imide groups is 1. The van der Waals surface area contributed by atoms with E-state index in [1.165, 1.54) is 22.2 Å². The number of fused-ring (bicyclic) bond motifs is 1. The summed E-state index contributed by atoms with van der Waals surface area (Å²) in [5, 5.41) is 0. The number of amides is 3. The van der Waals surface area contributed by atoms with E-state index in [-0.39, 0.29) is 18.5 Å². The zero-order valence-corrected chi connectivity index (χ0v) is 19.7. The standard InChI is InChI=1S/C24H27N5O3S/c1-3-29-23(31)28(16-17-5-4-6-19(13-17)32-2)22(30)24(29)9-11-27(12-10-24)15-18-7-8-20-21(14-18)26-33-25-20/h4-8,13-14H,3,9-12,15-16H2,1-2H3. The van der Waals surface area contributed by atoms with Crippen molar-refractivity contribution in [2.75, 3.05) is 26.7 Å². The quantitative estimate of drug-likeness (QED) is 0.519. The number of ether oxygens (including phenoxy) is 1. The number of carbonyl (C=O) groups is 2. The number of rotatable bonds is 6. The number of methoxy groups -OCH3 is 1. The van der Waals surface area contributed by atoms with Crippen LogP contribution in [0.5, 0.6) is 5.75 Å². The molecule has 2 fully saturated rings. The molecule has 5 rings (SSSR count). The van der Waals surface area contributed by atoms with Gasteiger partial charge < -0.3 is 9.64 Å². The average molecular weight is 466 g/mol. The Morgan fingerprint density at radius 1 is 1.00 bits per heavy atom. The molecule has 0 saturated carbocycles. The lowest BCUT2D eigenvalue weighted by Crippen LogP contribution is -2.56. The first-order valence-electron chi connectivity index (χ1n) is 11.2. The van der Waals surface area contributed by atoms with Crippen molar-refractivity contribution >= 4 is 34.7 Å². The molecule has 3 heterocycles. The number of hydrogen-bond acceptors (Lipinski definition) is 7. The molecule has 3 aromatic rings. The Labute approximate surface area is 197 Å². The van der Waals surface area contributed by atoms with Gasteiger partial charge in [-0.2, -0.15) is 8.75 Å². The first kappa shape index (κ1) is 21.8. The molecule has 0 N–H and O–H groups in total. The molecule has 1 aromatic heterocycles. The summed E-state index contributed by atoms with van der Waals surface area (Å²) in [5.74, 6) is 0.639. The van der Waals surface area contributed by atoms with Gasteiger partial charge in [0, 0.05) is 26.2 Å². The summed E-state index contributed by atoms with van der Waals surface area (Å²) in [6.07, 6.45) is 1.28. The van der Waals surface area contributed by atoms with Crippen molar-refractivity contribution in [1.29, 1.82) is 0 Å². The molecule has 0 unspecified atom stereocenters. The Hall–Kier alpha value is -3.04. The smallest absolute Gasteiger partial charge is 0.327 e. The number of hydrogen-bond donors (Lipinski definition) is 0. The van der Waals surface area contributed by atoms with Crippen LogP contribution in [-0.2, 0) is 17.9 Å². The number of nitrogens with zero attached hydrogens (tertiary/aromatic N) is 5. The minimum Gasteiger partial charge on any atom is -0.497 e. The molecule has 0 atom stereocenters. The van der Waals surface area contributed by atoms with Gasteiger partial charge in [0.2, 0.25) is 0 Å². The van der Waals surface area contributed by atoms with Gasteiger partial charge in [-0.25, -0.2) is 4.79 Å². The van der Waals surface area contributed by atoms with Crippen LogP contribution in [0.1, 0.15) is 30.9 Å². The summed E-state index contributed by atoms with van der Waals surface area (Å²) in [6.45, 7) is 5.05. The van der Waals surface area contributed by atoms with Crippen molar-refractivity contribution < 1.29 is 14.3 Å². The monoisotopic (exact) mass is 465 g/mol. The van der Waals surface area contributed by atoms with Gasteiger partial charge >= 0.3 is 6.03 Å². The molecular weight excluding hydrogens is 438 g/mol. The lowest BCUT2D eigenvalue weighted by atomic mass is 9.85. The average Bonchev–Trinajstić information content (AvgIpc) is 3.38. The van der Waals surface area contributed by atoms with Crippen LogP contribution < -0.4 is 4.74 Å². The number of benzene rings is 2. The SMILES string of the molecule is CCN1C(=O)N(Cc2cccc(OC)c2)C(=O)C12CCN(Cc1ccc3nsnc3c1)CC2. The van der Waals surface area contributed by atoms with Crippen molar-refractivity contribution in [3.05, 3.63) is 53.6 Å². The third-order valence-corrected chi connectivity index (χ3v) is 7.38. The predicted octanol–water partition coefficient (Wildman–Crippen LogP) is 3.52. The molecule has 2 aliphatic heterocycles. The minimum absolute atomic E-state index is 0.0770. The second-order valence-corrected chi connectivity index (χ2v) is 9.19. The maximum Gasteiger partial charge on any atom is 0.327 e. The van der Waals surface area contributed by atoms with Gasteiger partial charge in [-0.1, -0.05) is 18.2 Å². The van der Waals surface area contributed by atoms with Gasteiger partial charge in [0.15, 0.2) is 0 Å². The third kappa shape index (κ3) is 3.85. The molecule has 2 aliphatic rings. The molecule has 9 heteroatoms. The zero-order valence-electron chi connectivity index (χ0n) is 18.9. The van der Waals surface area contributed by atoms with Crippen molar-refractivity contribution in [2.45, 2.75) is 38.4 Å². The molecule has 33 heavy (non-hydrogen) atoms. The van der Waals surface area contributed by atoms with E-state index < -0.39 is 5.54 Å². The second kappa shape index (κ2) is 8.72. The van der Waals surface area contributed by atoms with E-state index in [0.717, 1.165) is 36.2 Å². The third-order valence-electron chi connectivity index (χ3n) is 6.82.